The maximum Gasteiger partial charge on any atom is 0.161 e. The van der Waals surface area contributed by atoms with Crippen LogP contribution in [0.5, 0.6) is 0 Å². The number of hydrogen-bond donors (Lipinski definition) is 0. The summed E-state index contributed by atoms with van der Waals surface area (Å²) in [6.07, 6.45) is 0. The molecule has 2 rings (SSSR count). The van der Waals surface area contributed by atoms with E-state index in [0.29, 0.717) is 0 Å². The molecule has 0 bridgehead atoms. The average molecular weight is 314 g/mol. The summed E-state index contributed by atoms with van der Waals surface area (Å²) in [7, 11) is 3.06. The van der Waals surface area contributed by atoms with E-state index in [1.807, 2.05) is 21.5 Å². The van der Waals surface area contributed by atoms with Crippen molar-refractivity contribution in [1.82, 2.24) is 0 Å². The van der Waals surface area contributed by atoms with Crippen molar-refractivity contribution in [3.8, 4) is 0 Å². The molecule has 0 spiro atoms. The van der Waals surface area contributed by atoms with Crippen LogP contribution in [0.4, 0.5) is 0 Å². The van der Waals surface area contributed by atoms with E-state index in [2.05, 4.69) is 0 Å². The Balaban J connectivity index is 2.12. The third-order valence-electron chi connectivity index (χ3n) is 2.23. The number of ketones is 2. The highest BCUT2D eigenvalue weighted by Gasteiger charge is 2.13. The summed E-state index contributed by atoms with van der Waals surface area (Å²) in [6.45, 7) is 3.14. The predicted octanol–water partition coefficient (Wildman–Crippen LogP) is 5.01. The number of hydrogen-bond acceptors (Lipinski definition) is 6. The van der Waals surface area contributed by atoms with Crippen molar-refractivity contribution >= 4 is 55.8 Å². The van der Waals surface area contributed by atoms with Crippen LogP contribution in [0.25, 0.3) is 0 Å². The Bertz CT molecular complexity index is 530. The Kier molecular flexibility index (Phi) is 4.66. The summed E-state index contributed by atoms with van der Waals surface area (Å²) in [5, 5.41) is 7.66. The molecule has 0 aliphatic heterocycles. The van der Waals surface area contributed by atoms with Gasteiger partial charge >= 0.3 is 0 Å². The van der Waals surface area contributed by atoms with Crippen LogP contribution in [-0.2, 0) is 0 Å². The molecule has 0 aliphatic carbocycles. The topological polar surface area (TPSA) is 34.1 Å². The Morgan fingerprint density at radius 3 is 1.56 bits per heavy atom. The normalized spacial score (nSPS) is 10.6. The minimum atomic E-state index is 0.0801. The van der Waals surface area contributed by atoms with Crippen molar-refractivity contribution in [2.24, 2.45) is 0 Å². The molecule has 0 saturated carbocycles. The first-order chi connectivity index (χ1) is 8.59. The zero-order valence-corrected chi connectivity index (χ0v) is 13.0. The summed E-state index contributed by atoms with van der Waals surface area (Å²) in [5.74, 6) is 0.160. The van der Waals surface area contributed by atoms with E-state index in [1.54, 1.807) is 13.8 Å². The molecule has 6 heteroatoms. The monoisotopic (exact) mass is 314 g/mol. The quantitative estimate of drug-likeness (QED) is 0.573. The highest BCUT2D eigenvalue weighted by molar-refractivity contribution is 8.76. The Morgan fingerprint density at radius 1 is 0.833 bits per heavy atom. The third kappa shape index (κ3) is 3.06. The van der Waals surface area contributed by atoms with E-state index in [4.69, 9.17) is 0 Å². The zero-order valence-electron chi connectivity index (χ0n) is 9.76. The molecule has 2 aromatic rings. The first-order valence-electron chi connectivity index (χ1n) is 5.08. The van der Waals surface area contributed by atoms with E-state index in [9.17, 15) is 9.59 Å². The van der Waals surface area contributed by atoms with Gasteiger partial charge in [-0.3, -0.25) is 9.59 Å². The highest BCUT2D eigenvalue weighted by atomic mass is 33.1. The molecule has 0 amide bonds. The van der Waals surface area contributed by atoms with E-state index in [-0.39, 0.29) is 11.6 Å². The fourth-order valence-corrected chi connectivity index (χ4v) is 6.14. The minimum Gasteiger partial charge on any atom is -0.294 e. The van der Waals surface area contributed by atoms with Gasteiger partial charge in [0.1, 0.15) is 0 Å². The standard InChI is InChI=1S/C12H10O2S4/c1-7(13)9-3-15-5-11(9)17-18-12-6-16-4-10(12)8(2)14/h3-6H,1-2H3. The van der Waals surface area contributed by atoms with E-state index >= 15 is 0 Å². The van der Waals surface area contributed by atoms with E-state index < -0.39 is 0 Å². The molecule has 2 nitrogen and oxygen atoms in total. The third-order valence-corrected chi connectivity index (χ3v) is 6.46. The van der Waals surface area contributed by atoms with Crippen molar-refractivity contribution < 1.29 is 9.59 Å². The SMILES string of the molecule is CC(=O)c1cscc1SSc1cscc1C(C)=O. The Morgan fingerprint density at radius 2 is 1.22 bits per heavy atom. The second-order valence-corrected chi connectivity index (χ2v) is 7.28. The van der Waals surface area contributed by atoms with Crippen molar-refractivity contribution in [2.75, 3.05) is 0 Å². The number of Topliss-reactive ketones (excluding diaryl/α,β-unsaturated/α-hetero) is 2. The van der Waals surface area contributed by atoms with Gasteiger partial charge in [0, 0.05) is 42.4 Å². The molecule has 2 heterocycles. The molecule has 94 valence electrons. The van der Waals surface area contributed by atoms with Crippen LogP contribution >= 0.6 is 44.3 Å². The van der Waals surface area contributed by atoms with Crippen LogP contribution in [0.2, 0.25) is 0 Å². The van der Waals surface area contributed by atoms with Gasteiger partial charge in [-0.1, -0.05) is 21.6 Å². The molecule has 0 radical (unpaired) electrons. The molecule has 0 fully saturated rings. The van der Waals surface area contributed by atoms with Gasteiger partial charge in [0.2, 0.25) is 0 Å². The van der Waals surface area contributed by atoms with Gasteiger partial charge in [0.05, 0.1) is 0 Å². The zero-order chi connectivity index (χ0) is 13.1. The van der Waals surface area contributed by atoms with Crippen molar-refractivity contribution in [3.05, 3.63) is 32.6 Å². The molecule has 0 N–H and O–H groups in total. The van der Waals surface area contributed by atoms with E-state index in [1.165, 1.54) is 44.3 Å². The maximum absolute atomic E-state index is 11.4. The minimum absolute atomic E-state index is 0.0801. The van der Waals surface area contributed by atoms with Gasteiger partial charge in [0.25, 0.3) is 0 Å². The van der Waals surface area contributed by atoms with Crippen molar-refractivity contribution in [1.29, 1.82) is 0 Å². The number of carbonyl (C=O) groups is 2. The van der Waals surface area contributed by atoms with Gasteiger partial charge in [-0.25, -0.2) is 0 Å². The summed E-state index contributed by atoms with van der Waals surface area (Å²) >= 11 is 3.05. The van der Waals surface area contributed by atoms with Crippen LogP contribution in [0.1, 0.15) is 34.6 Å². The van der Waals surface area contributed by atoms with Gasteiger partial charge < -0.3 is 0 Å². The smallest absolute Gasteiger partial charge is 0.161 e. The fraction of sp³-hybridized carbons (Fsp3) is 0.167. The van der Waals surface area contributed by atoms with Crippen LogP contribution in [0.3, 0.4) is 0 Å². The summed E-state index contributed by atoms with van der Waals surface area (Å²) in [6, 6.07) is 0. The van der Waals surface area contributed by atoms with Gasteiger partial charge in [0.15, 0.2) is 11.6 Å². The van der Waals surface area contributed by atoms with Crippen LogP contribution in [-0.4, -0.2) is 11.6 Å². The molecule has 0 atom stereocenters. The van der Waals surface area contributed by atoms with Gasteiger partial charge in [-0.05, 0) is 13.8 Å². The highest BCUT2D eigenvalue weighted by Crippen LogP contribution is 2.42. The van der Waals surface area contributed by atoms with Crippen molar-refractivity contribution in [3.63, 3.8) is 0 Å². The molecule has 18 heavy (non-hydrogen) atoms. The van der Waals surface area contributed by atoms with Crippen LogP contribution in [0, 0.1) is 0 Å². The number of thiophene rings is 2. The van der Waals surface area contributed by atoms with E-state index in [0.717, 1.165) is 20.9 Å². The fourth-order valence-electron chi connectivity index (χ4n) is 1.30. The summed E-state index contributed by atoms with van der Waals surface area (Å²) in [5.41, 5.74) is 1.52. The lowest BCUT2D eigenvalue weighted by atomic mass is 10.2. The molecule has 2 aromatic heterocycles. The van der Waals surface area contributed by atoms with Gasteiger partial charge in [-0.2, -0.15) is 22.7 Å². The Labute approximate surface area is 121 Å². The maximum atomic E-state index is 11.4. The molecular formula is C12H10O2S4. The molecule has 0 saturated heterocycles. The molecular weight excluding hydrogens is 304 g/mol. The lowest BCUT2D eigenvalue weighted by Gasteiger charge is -2.01. The lowest BCUT2D eigenvalue weighted by molar-refractivity contribution is 0.100. The largest absolute Gasteiger partial charge is 0.294 e. The lowest BCUT2D eigenvalue weighted by Crippen LogP contribution is -1.90. The second kappa shape index (κ2) is 6.06. The molecule has 0 aliphatic rings. The summed E-state index contributed by atoms with van der Waals surface area (Å²) in [4.78, 5) is 24.7. The number of rotatable bonds is 5. The Hall–Kier alpha value is -0.560. The summed E-state index contributed by atoms with van der Waals surface area (Å²) < 4.78 is 0. The van der Waals surface area contributed by atoms with Crippen LogP contribution < -0.4 is 0 Å². The second-order valence-electron chi connectivity index (χ2n) is 3.58. The molecule has 0 aromatic carbocycles. The number of carbonyl (C=O) groups excluding carboxylic acids is 2. The first-order valence-corrected chi connectivity index (χ1v) is 9.12. The first kappa shape index (κ1) is 13.9. The van der Waals surface area contributed by atoms with Gasteiger partial charge in [-0.15, -0.1) is 0 Å². The molecule has 0 unspecified atom stereocenters. The van der Waals surface area contributed by atoms with Crippen molar-refractivity contribution in [2.45, 2.75) is 23.6 Å². The predicted molar refractivity (Wildman–Crippen MR) is 80.4 cm³/mol. The average Bonchev–Trinajstić information content (AvgIpc) is 2.94. The van der Waals surface area contributed by atoms with Crippen LogP contribution in [0.15, 0.2) is 31.3 Å².